The van der Waals surface area contributed by atoms with E-state index in [1.165, 1.54) is 16.2 Å². The summed E-state index contributed by atoms with van der Waals surface area (Å²) in [6.07, 6.45) is 1.10. The number of anilines is 1. The fraction of sp³-hybridized carbons (Fsp3) is 0.636. The zero-order chi connectivity index (χ0) is 12.8. The Balaban J connectivity index is 2.55. The first-order chi connectivity index (χ1) is 8.04. The van der Waals surface area contributed by atoms with E-state index in [9.17, 15) is 4.79 Å². The highest BCUT2D eigenvalue weighted by atomic mass is 32.1. The van der Waals surface area contributed by atoms with Gasteiger partial charge in [0.05, 0.1) is 5.69 Å². The van der Waals surface area contributed by atoms with Crippen LogP contribution in [0.2, 0.25) is 0 Å². The zero-order valence-corrected chi connectivity index (χ0v) is 11.6. The quantitative estimate of drug-likeness (QED) is 0.850. The van der Waals surface area contributed by atoms with Gasteiger partial charge in [-0.25, -0.2) is 9.78 Å². The lowest BCUT2D eigenvalue weighted by molar-refractivity contribution is 0.230. The van der Waals surface area contributed by atoms with Gasteiger partial charge < -0.3 is 10.2 Å². The van der Waals surface area contributed by atoms with Gasteiger partial charge in [-0.15, -0.1) is 11.3 Å². The van der Waals surface area contributed by atoms with Gasteiger partial charge in [0.1, 0.15) is 0 Å². The van der Waals surface area contributed by atoms with Crippen molar-refractivity contribution in [3.63, 3.8) is 0 Å². The van der Waals surface area contributed by atoms with Crippen molar-refractivity contribution in [3.05, 3.63) is 11.1 Å². The summed E-state index contributed by atoms with van der Waals surface area (Å²) >= 11 is 1.45. The molecule has 1 aromatic rings. The molecule has 0 aliphatic carbocycles. The van der Waals surface area contributed by atoms with Gasteiger partial charge in [0.25, 0.3) is 0 Å². The van der Waals surface area contributed by atoms with Crippen molar-refractivity contribution in [3.8, 4) is 0 Å². The van der Waals surface area contributed by atoms with Crippen molar-refractivity contribution >= 4 is 22.5 Å². The van der Waals surface area contributed by atoms with Crippen LogP contribution in [-0.4, -0.2) is 36.6 Å². The number of hydrogen-bond acceptors (Lipinski definition) is 4. The highest BCUT2D eigenvalue weighted by molar-refractivity contribution is 7.13. The van der Waals surface area contributed by atoms with Crippen LogP contribution in [0.1, 0.15) is 32.0 Å². The van der Waals surface area contributed by atoms with Crippen LogP contribution in [0.3, 0.4) is 0 Å². The van der Waals surface area contributed by atoms with Gasteiger partial charge in [-0.05, 0) is 19.9 Å². The molecule has 1 unspecified atom stereocenters. The minimum atomic E-state index is -0.153. The van der Waals surface area contributed by atoms with Crippen LogP contribution >= 0.6 is 11.3 Å². The molecule has 1 heterocycles. The first-order valence-electron chi connectivity index (χ1n) is 5.71. The molecule has 2 N–H and O–H groups in total. The molecule has 0 spiro atoms. The summed E-state index contributed by atoms with van der Waals surface area (Å²) < 4.78 is 0. The van der Waals surface area contributed by atoms with Crippen LogP contribution in [0, 0.1) is 0 Å². The molecule has 17 heavy (non-hydrogen) atoms. The summed E-state index contributed by atoms with van der Waals surface area (Å²) in [4.78, 5) is 17.3. The fourth-order valence-corrected chi connectivity index (χ4v) is 2.00. The number of amides is 2. The van der Waals surface area contributed by atoms with Gasteiger partial charge in [-0.3, -0.25) is 5.32 Å². The largest absolute Gasteiger partial charge is 0.331 e. The second-order valence-corrected chi connectivity index (χ2v) is 4.94. The molecule has 0 fully saturated rings. The Kier molecular flexibility index (Phi) is 5.37. The third-order valence-corrected chi connectivity index (χ3v) is 3.06. The molecule has 0 aliphatic rings. The number of carbonyl (C=O) groups is 1. The van der Waals surface area contributed by atoms with Crippen LogP contribution in [-0.2, 0) is 0 Å². The second kappa shape index (κ2) is 6.56. The molecule has 6 heteroatoms. The molecule has 0 saturated carbocycles. The van der Waals surface area contributed by atoms with Crippen molar-refractivity contribution in [1.82, 2.24) is 15.2 Å². The number of aromatic nitrogens is 1. The first kappa shape index (κ1) is 13.9. The molecule has 0 aromatic carbocycles. The van der Waals surface area contributed by atoms with E-state index < -0.39 is 0 Å². The highest BCUT2D eigenvalue weighted by Gasteiger charge is 2.11. The molecule has 1 aromatic heterocycles. The maximum absolute atomic E-state index is 11.4. The molecule has 96 valence electrons. The maximum Gasteiger partial charge on any atom is 0.323 e. The van der Waals surface area contributed by atoms with E-state index >= 15 is 0 Å². The Morgan fingerprint density at radius 1 is 1.59 bits per heavy atom. The first-order valence-corrected chi connectivity index (χ1v) is 6.59. The lowest BCUT2D eigenvalue weighted by Crippen LogP contribution is -2.27. The normalized spacial score (nSPS) is 12.2. The minimum absolute atomic E-state index is 0.153. The number of nitrogens with one attached hydrogen (secondary N) is 2. The highest BCUT2D eigenvalue weighted by Crippen LogP contribution is 2.20. The average molecular weight is 256 g/mol. The van der Waals surface area contributed by atoms with Gasteiger partial charge in [0.15, 0.2) is 5.13 Å². The summed E-state index contributed by atoms with van der Waals surface area (Å²) in [6, 6.07) is 0.0660. The topological polar surface area (TPSA) is 57.3 Å². The Morgan fingerprint density at radius 2 is 2.29 bits per heavy atom. The van der Waals surface area contributed by atoms with Crippen LogP contribution in [0.25, 0.3) is 0 Å². The number of rotatable bonds is 5. The smallest absolute Gasteiger partial charge is 0.323 e. The molecule has 0 radical (unpaired) electrons. The summed E-state index contributed by atoms with van der Waals surface area (Å²) in [6.45, 7) is 5.17. The van der Waals surface area contributed by atoms with Crippen LogP contribution in [0.4, 0.5) is 9.93 Å². The number of thiazole rings is 1. The Bertz CT molecular complexity index is 364. The minimum Gasteiger partial charge on any atom is -0.331 e. The SMILES string of the molecule is CCCNC(C)c1csc(NC(=O)N(C)C)n1. The number of urea groups is 1. The third-order valence-electron chi connectivity index (χ3n) is 2.29. The van der Waals surface area contributed by atoms with Crippen molar-refractivity contribution in [1.29, 1.82) is 0 Å². The van der Waals surface area contributed by atoms with Gasteiger partial charge in [-0.1, -0.05) is 6.92 Å². The van der Waals surface area contributed by atoms with Gasteiger partial charge in [0, 0.05) is 25.5 Å². The summed E-state index contributed by atoms with van der Waals surface area (Å²) in [5, 5.41) is 8.71. The van der Waals surface area contributed by atoms with Crippen molar-refractivity contribution in [2.75, 3.05) is 26.0 Å². The Morgan fingerprint density at radius 3 is 2.88 bits per heavy atom. The second-order valence-electron chi connectivity index (χ2n) is 4.08. The van der Waals surface area contributed by atoms with Crippen molar-refractivity contribution in [2.24, 2.45) is 0 Å². The third kappa shape index (κ3) is 4.32. The number of nitrogens with zero attached hydrogens (tertiary/aromatic N) is 2. The Hall–Kier alpha value is -1.14. The lowest BCUT2D eigenvalue weighted by Gasteiger charge is -2.11. The van der Waals surface area contributed by atoms with E-state index in [-0.39, 0.29) is 12.1 Å². The van der Waals surface area contributed by atoms with Gasteiger partial charge in [0.2, 0.25) is 0 Å². The Labute approximate surface area is 106 Å². The predicted octanol–water partition coefficient (Wildman–Crippen LogP) is 2.30. The molecule has 2 amide bonds. The van der Waals surface area contributed by atoms with Crippen molar-refractivity contribution in [2.45, 2.75) is 26.3 Å². The van der Waals surface area contributed by atoms with Gasteiger partial charge in [-0.2, -0.15) is 0 Å². The van der Waals surface area contributed by atoms with Crippen LogP contribution in [0.15, 0.2) is 5.38 Å². The summed E-state index contributed by atoms with van der Waals surface area (Å²) in [5.74, 6) is 0. The molecule has 0 aliphatic heterocycles. The molecule has 1 rings (SSSR count). The lowest BCUT2D eigenvalue weighted by atomic mass is 10.2. The molecular weight excluding hydrogens is 236 g/mol. The van der Waals surface area contributed by atoms with E-state index in [0.717, 1.165) is 18.7 Å². The molecule has 0 bridgehead atoms. The maximum atomic E-state index is 11.4. The molecule has 5 nitrogen and oxygen atoms in total. The number of carbonyl (C=O) groups excluding carboxylic acids is 1. The van der Waals surface area contributed by atoms with Gasteiger partial charge >= 0.3 is 6.03 Å². The average Bonchev–Trinajstić information content (AvgIpc) is 2.74. The monoisotopic (exact) mass is 256 g/mol. The fourth-order valence-electron chi connectivity index (χ4n) is 1.21. The standard InChI is InChI=1S/C11H20N4OS/c1-5-6-12-8(2)9-7-17-10(13-9)14-11(16)15(3)4/h7-8,12H,5-6H2,1-4H3,(H,13,14,16). The van der Waals surface area contributed by atoms with E-state index in [4.69, 9.17) is 0 Å². The van der Waals surface area contributed by atoms with Crippen molar-refractivity contribution < 1.29 is 4.79 Å². The van der Waals surface area contributed by atoms with E-state index in [2.05, 4.69) is 29.5 Å². The van der Waals surface area contributed by atoms with E-state index in [1.54, 1.807) is 14.1 Å². The van der Waals surface area contributed by atoms with E-state index in [0.29, 0.717) is 5.13 Å². The van der Waals surface area contributed by atoms with Crippen LogP contribution < -0.4 is 10.6 Å². The summed E-state index contributed by atoms with van der Waals surface area (Å²) in [5.41, 5.74) is 0.970. The molecule has 0 saturated heterocycles. The summed E-state index contributed by atoms with van der Waals surface area (Å²) in [7, 11) is 3.41. The molecular formula is C11H20N4OS. The predicted molar refractivity (Wildman–Crippen MR) is 71.5 cm³/mol. The van der Waals surface area contributed by atoms with E-state index in [1.807, 2.05) is 5.38 Å². The zero-order valence-electron chi connectivity index (χ0n) is 10.8. The number of hydrogen-bond donors (Lipinski definition) is 2. The van der Waals surface area contributed by atoms with Crippen LogP contribution in [0.5, 0.6) is 0 Å². The molecule has 1 atom stereocenters.